The van der Waals surface area contributed by atoms with Gasteiger partial charge in [-0.25, -0.2) is 0 Å². The maximum absolute atomic E-state index is 12.7. The summed E-state index contributed by atoms with van der Waals surface area (Å²) in [6.07, 6.45) is 13.8. The van der Waals surface area contributed by atoms with Crippen LogP contribution in [0.3, 0.4) is 0 Å². The summed E-state index contributed by atoms with van der Waals surface area (Å²) in [6, 6.07) is 11.0. The molecule has 1 amide bonds. The average Bonchev–Trinajstić information content (AvgIpc) is 2.72. The van der Waals surface area contributed by atoms with E-state index >= 15 is 0 Å². The highest BCUT2D eigenvalue weighted by Crippen LogP contribution is 2.23. The van der Waals surface area contributed by atoms with Crippen LogP contribution in [0.5, 0.6) is 0 Å². The lowest BCUT2D eigenvalue weighted by Gasteiger charge is -2.39. The summed E-state index contributed by atoms with van der Waals surface area (Å²) in [5.41, 5.74) is 2.40. The number of rotatable bonds is 8. The minimum Gasteiger partial charge on any atom is -0.309 e. The average molecular weight is 367 g/mol. The first kappa shape index (κ1) is 21.2. The van der Waals surface area contributed by atoms with Crippen LogP contribution >= 0.6 is 0 Å². The first-order valence-corrected chi connectivity index (χ1v) is 10.2. The quantitative estimate of drug-likeness (QED) is 0.607. The van der Waals surface area contributed by atoms with Gasteiger partial charge < -0.3 is 9.80 Å². The zero-order chi connectivity index (χ0) is 19.5. The number of hydrogen-bond donors (Lipinski definition) is 0. The van der Waals surface area contributed by atoms with Crippen LogP contribution in [0.25, 0.3) is 0 Å². The van der Waals surface area contributed by atoms with Gasteiger partial charge in [0.05, 0.1) is 0 Å². The zero-order valence-corrected chi connectivity index (χ0v) is 17.1. The van der Waals surface area contributed by atoms with Gasteiger partial charge in [-0.2, -0.15) is 0 Å². The van der Waals surface area contributed by atoms with Gasteiger partial charge in [0, 0.05) is 37.8 Å². The summed E-state index contributed by atoms with van der Waals surface area (Å²) in [5, 5.41) is 0. The number of carbonyl (C=O) groups excluding carboxylic acids is 1. The van der Waals surface area contributed by atoms with Crippen molar-refractivity contribution in [1.29, 1.82) is 0 Å². The van der Waals surface area contributed by atoms with Crippen molar-refractivity contribution in [2.24, 2.45) is 0 Å². The molecule has 146 valence electrons. The van der Waals surface area contributed by atoms with Gasteiger partial charge in [-0.15, -0.1) is 0 Å². The Balaban J connectivity index is 1.99. The van der Waals surface area contributed by atoms with Gasteiger partial charge in [0.25, 0.3) is 0 Å². The van der Waals surface area contributed by atoms with E-state index in [1.165, 1.54) is 5.56 Å². The van der Waals surface area contributed by atoms with Gasteiger partial charge in [0.15, 0.2) is 0 Å². The van der Waals surface area contributed by atoms with Crippen molar-refractivity contribution in [2.45, 2.75) is 52.5 Å². The highest BCUT2D eigenvalue weighted by molar-refractivity contribution is 5.78. The molecule has 0 bridgehead atoms. The lowest BCUT2D eigenvalue weighted by atomic mass is 10.0. The second-order valence-corrected chi connectivity index (χ2v) is 7.04. The van der Waals surface area contributed by atoms with Crippen molar-refractivity contribution in [2.75, 3.05) is 19.6 Å². The molecule has 3 nitrogen and oxygen atoms in total. The van der Waals surface area contributed by atoms with Gasteiger partial charge in [-0.3, -0.25) is 4.79 Å². The number of carbonyl (C=O) groups is 1. The van der Waals surface area contributed by atoms with Gasteiger partial charge in [-0.1, -0.05) is 55.5 Å². The molecule has 1 aromatic carbocycles. The predicted octanol–water partition coefficient (Wildman–Crippen LogP) is 4.97. The van der Waals surface area contributed by atoms with Crippen molar-refractivity contribution >= 4 is 5.91 Å². The fourth-order valence-electron chi connectivity index (χ4n) is 3.64. The fourth-order valence-corrected chi connectivity index (χ4v) is 3.64. The van der Waals surface area contributed by atoms with E-state index in [0.717, 1.165) is 44.6 Å². The third kappa shape index (κ3) is 6.51. The second-order valence-electron chi connectivity index (χ2n) is 7.04. The highest BCUT2D eigenvalue weighted by atomic mass is 16.2. The first-order chi connectivity index (χ1) is 13.2. The van der Waals surface area contributed by atoms with E-state index in [2.05, 4.69) is 47.4 Å². The van der Waals surface area contributed by atoms with E-state index < -0.39 is 0 Å². The molecule has 0 N–H and O–H groups in total. The lowest BCUT2D eigenvalue weighted by Crippen LogP contribution is -2.47. The predicted molar refractivity (Wildman–Crippen MR) is 114 cm³/mol. The minimum atomic E-state index is 0.214. The SMILES string of the molecule is C\C=C/C=C(\C=C/C)N(C(=O)CC)C1CCN(CCc2ccccc2)CC1. The number of allylic oxidation sites excluding steroid dienone is 5. The molecule has 1 aliphatic rings. The van der Waals surface area contributed by atoms with Crippen LogP contribution in [-0.4, -0.2) is 41.4 Å². The highest BCUT2D eigenvalue weighted by Gasteiger charge is 2.28. The molecule has 1 aliphatic heterocycles. The largest absolute Gasteiger partial charge is 0.309 e. The number of hydrogen-bond acceptors (Lipinski definition) is 2. The van der Waals surface area contributed by atoms with Gasteiger partial charge in [0.2, 0.25) is 5.91 Å². The third-order valence-corrected chi connectivity index (χ3v) is 5.13. The summed E-state index contributed by atoms with van der Waals surface area (Å²) in [6.45, 7) is 9.16. The molecule has 0 saturated carbocycles. The summed E-state index contributed by atoms with van der Waals surface area (Å²) in [5.74, 6) is 0.214. The molecule has 1 heterocycles. The molecule has 2 rings (SSSR count). The summed E-state index contributed by atoms with van der Waals surface area (Å²) < 4.78 is 0. The van der Waals surface area contributed by atoms with Crippen LogP contribution < -0.4 is 0 Å². The van der Waals surface area contributed by atoms with E-state index in [0.29, 0.717) is 6.42 Å². The number of nitrogens with zero attached hydrogens (tertiary/aromatic N) is 2. The molecule has 0 spiro atoms. The van der Waals surface area contributed by atoms with E-state index in [1.807, 2.05) is 43.9 Å². The smallest absolute Gasteiger partial charge is 0.226 e. The molecule has 0 atom stereocenters. The second kappa shape index (κ2) is 11.6. The normalized spacial score (nSPS) is 17.1. The Labute approximate surface area is 165 Å². The minimum absolute atomic E-state index is 0.214. The lowest BCUT2D eigenvalue weighted by molar-refractivity contribution is -0.131. The van der Waals surface area contributed by atoms with E-state index in [4.69, 9.17) is 0 Å². The molecule has 1 fully saturated rings. The summed E-state index contributed by atoms with van der Waals surface area (Å²) in [4.78, 5) is 17.3. The van der Waals surface area contributed by atoms with E-state index in [-0.39, 0.29) is 11.9 Å². The number of likely N-dealkylation sites (tertiary alicyclic amines) is 1. The monoisotopic (exact) mass is 366 g/mol. The van der Waals surface area contributed by atoms with Crippen molar-refractivity contribution in [3.63, 3.8) is 0 Å². The van der Waals surface area contributed by atoms with Gasteiger partial charge in [-0.05, 0) is 50.8 Å². The maximum Gasteiger partial charge on any atom is 0.226 e. The molecule has 0 aliphatic carbocycles. The van der Waals surface area contributed by atoms with E-state index in [1.54, 1.807) is 0 Å². The number of piperidine rings is 1. The van der Waals surface area contributed by atoms with Gasteiger partial charge in [0.1, 0.15) is 0 Å². The van der Waals surface area contributed by atoms with Crippen molar-refractivity contribution in [3.05, 3.63) is 72.0 Å². The standard InChI is InChI=1S/C24H34N2O/c1-4-7-14-22(11-5-2)26(24(27)6-3)23-16-19-25(20-17-23)18-15-21-12-9-8-10-13-21/h4-5,7-14,23H,6,15-20H2,1-3H3/b7-4-,11-5-,22-14+. The summed E-state index contributed by atoms with van der Waals surface area (Å²) in [7, 11) is 0. The molecule has 1 aromatic rings. The van der Waals surface area contributed by atoms with E-state index in [9.17, 15) is 4.79 Å². The molecular formula is C24H34N2O. The van der Waals surface area contributed by atoms with Crippen LogP contribution in [-0.2, 0) is 11.2 Å². The topological polar surface area (TPSA) is 23.6 Å². The zero-order valence-electron chi connectivity index (χ0n) is 17.1. The van der Waals surface area contributed by atoms with Crippen molar-refractivity contribution in [3.8, 4) is 0 Å². The maximum atomic E-state index is 12.7. The number of amides is 1. The Bertz CT molecular complexity index is 652. The Morgan fingerprint density at radius 2 is 1.85 bits per heavy atom. The Hall–Kier alpha value is -2.13. The Kier molecular flexibility index (Phi) is 9.06. The van der Waals surface area contributed by atoms with Crippen LogP contribution in [0, 0.1) is 0 Å². The molecule has 1 saturated heterocycles. The summed E-state index contributed by atoms with van der Waals surface area (Å²) >= 11 is 0. The molecule has 0 aromatic heterocycles. The molecule has 27 heavy (non-hydrogen) atoms. The van der Waals surface area contributed by atoms with Crippen LogP contribution in [0.2, 0.25) is 0 Å². The number of benzene rings is 1. The fraction of sp³-hybridized carbons (Fsp3) is 0.458. The Morgan fingerprint density at radius 3 is 2.44 bits per heavy atom. The molecule has 3 heteroatoms. The van der Waals surface area contributed by atoms with Crippen LogP contribution in [0.4, 0.5) is 0 Å². The molecule has 0 unspecified atom stereocenters. The van der Waals surface area contributed by atoms with Crippen LogP contribution in [0.1, 0.15) is 45.6 Å². The first-order valence-electron chi connectivity index (χ1n) is 10.2. The van der Waals surface area contributed by atoms with Crippen molar-refractivity contribution in [1.82, 2.24) is 9.80 Å². The van der Waals surface area contributed by atoms with Gasteiger partial charge >= 0.3 is 0 Å². The Morgan fingerprint density at radius 1 is 1.15 bits per heavy atom. The molecule has 0 radical (unpaired) electrons. The molecular weight excluding hydrogens is 332 g/mol. The van der Waals surface area contributed by atoms with Crippen molar-refractivity contribution < 1.29 is 4.79 Å². The third-order valence-electron chi connectivity index (χ3n) is 5.13. The van der Waals surface area contributed by atoms with Crippen LogP contribution in [0.15, 0.2) is 66.4 Å².